The van der Waals surface area contributed by atoms with Gasteiger partial charge in [0.1, 0.15) is 29.6 Å². The van der Waals surface area contributed by atoms with E-state index < -0.39 is 42.3 Å². The Kier molecular flexibility index (Phi) is 4.94. The Labute approximate surface area is 145 Å². The summed E-state index contributed by atoms with van der Waals surface area (Å²) in [5.41, 5.74) is -0.259. The molecule has 0 aliphatic carbocycles. The second-order valence-corrected chi connectivity index (χ2v) is 5.82. The van der Waals surface area contributed by atoms with Crippen molar-refractivity contribution in [1.29, 1.82) is 0 Å². The number of hydrogen-bond acceptors (Lipinski definition) is 9. The molecule has 0 saturated carbocycles. The Morgan fingerprint density at radius 1 is 1.12 bits per heavy atom. The monoisotopic (exact) mass is 368 g/mol. The first-order chi connectivity index (χ1) is 12.3. The maximum Gasteiger partial charge on any atom is 0.336 e. The molecule has 1 fully saturated rings. The topological polar surface area (TPSA) is 167 Å². The number of hydrogen-bond donors (Lipinski definition) is 5. The van der Waals surface area contributed by atoms with E-state index >= 15 is 0 Å². The number of carbonyl (C=O) groups is 1. The van der Waals surface area contributed by atoms with Crippen molar-refractivity contribution in [3.8, 4) is 5.75 Å². The lowest BCUT2D eigenvalue weighted by Gasteiger charge is -2.38. The molecule has 0 radical (unpaired) electrons. The van der Waals surface area contributed by atoms with Crippen LogP contribution >= 0.6 is 0 Å². The zero-order chi connectivity index (χ0) is 19.0. The molecule has 0 amide bonds. The van der Waals surface area contributed by atoms with Gasteiger partial charge >= 0.3 is 11.6 Å². The fourth-order valence-corrected chi connectivity index (χ4v) is 2.70. The van der Waals surface area contributed by atoms with Crippen LogP contribution in [-0.2, 0) is 20.9 Å². The third-order valence-corrected chi connectivity index (χ3v) is 4.03. The standard InChI is InChI=1S/C16H16O10/c17-7-1-2-8-6(3-10(18)25-9(8)4-7)5-24-16-13(21)11(19)12(20)14(26-16)15(22)23/h1-4,11-14,16-17,19-21H,5H2,(H,22,23)/t11-,12-,13+,14-,16+/m0/s1. The summed E-state index contributed by atoms with van der Waals surface area (Å²) >= 11 is 0. The summed E-state index contributed by atoms with van der Waals surface area (Å²) in [5.74, 6) is -1.63. The first-order valence-electron chi connectivity index (χ1n) is 7.58. The van der Waals surface area contributed by atoms with Crippen molar-refractivity contribution in [2.75, 3.05) is 0 Å². The van der Waals surface area contributed by atoms with Crippen LogP contribution < -0.4 is 5.63 Å². The molecule has 1 aromatic heterocycles. The van der Waals surface area contributed by atoms with E-state index in [1.807, 2.05) is 0 Å². The molecule has 0 spiro atoms. The fourth-order valence-electron chi connectivity index (χ4n) is 2.70. The van der Waals surface area contributed by atoms with Crippen LogP contribution in [0.2, 0.25) is 0 Å². The molecule has 5 N–H and O–H groups in total. The zero-order valence-electron chi connectivity index (χ0n) is 13.2. The number of aliphatic hydroxyl groups excluding tert-OH is 3. The number of ether oxygens (including phenoxy) is 2. The number of fused-ring (bicyclic) bond motifs is 1. The van der Waals surface area contributed by atoms with Gasteiger partial charge in [-0.3, -0.25) is 0 Å². The van der Waals surface area contributed by atoms with Crippen LogP contribution in [0.3, 0.4) is 0 Å². The number of aromatic hydroxyl groups is 1. The van der Waals surface area contributed by atoms with Crippen molar-refractivity contribution in [2.24, 2.45) is 0 Å². The van der Waals surface area contributed by atoms with Crippen LogP contribution in [-0.4, -0.2) is 62.2 Å². The van der Waals surface area contributed by atoms with Crippen molar-refractivity contribution in [3.05, 3.63) is 40.2 Å². The Morgan fingerprint density at radius 3 is 2.54 bits per heavy atom. The number of phenolic OH excluding ortho intramolecular Hbond substituents is 1. The van der Waals surface area contributed by atoms with Crippen LogP contribution in [0.1, 0.15) is 5.56 Å². The second kappa shape index (κ2) is 7.02. The largest absolute Gasteiger partial charge is 0.508 e. The quantitative estimate of drug-likeness (QED) is 0.418. The van der Waals surface area contributed by atoms with Crippen molar-refractivity contribution in [2.45, 2.75) is 37.3 Å². The highest BCUT2D eigenvalue weighted by Crippen LogP contribution is 2.26. The van der Waals surface area contributed by atoms with E-state index in [1.54, 1.807) is 0 Å². The molecule has 1 aliphatic heterocycles. The van der Waals surface area contributed by atoms with Gasteiger partial charge in [-0.05, 0) is 17.7 Å². The molecule has 1 aliphatic rings. The number of aliphatic hydroxyl groups is 3. The minimum Gasteiger partial charge on any atom is -0.508 e. The summed E-state index contributed by atoms with van der Waals surface area (Å²) in [6.45, 7) is -0.288. The Balaban J connectivity index is 1.83. The van der Waals surface area contributed by atoms with E-state index in [1.165, 1.54) is 18.2 Å². The minimum atomic E-state index is -1.82. The number of aliphatic carboxylic acids is 1. The molecule has 10 nitrogen and oxygen atoms in total. The van der Waals surface area contributed by atoms with Gasteiger partial charge in [0, 0.05) is 17.5 Å². The third-order valence-electron chi connectivity index (χ3n) is 4.03. The first kappa shape index (κ1) is 18.3. The number of phenols is 1. The van der Waals surface area contributed by atoms with Crippen LogP contribution in [0.5, 0.6) is 5.75 Å². The number of carboxylic acids is 1. The van der Waals surface area contributed by atoms with Gasteiger partial charge in [-0.15, -0.1) is 0 Å². The lowest BCUT2D eigenvalue weighted by atomic mass is 9.99. The predicted molar refractivity (Wildman–Crippen MR) is 83.3 cm³/mol. The lowest BCUT2D eigenvalue weighted by molar-refractivity contribution is -0.297. The van der Waals surface area contributed by atoms with E-state index in [-0.39, 0.29) is 17.9 Å². The number of benzene rings is 1. The number of rotatable bonds is 4. The summed E-state index contributed by atoms with van der Waals surface area (Å²) in [4.78, 5) is 22.7. The van der Waals surface area contributed by atoms with Crippen molar-refractivity contribution < 1.29 is 44.2 Å². The summed E-state index contributed by atoms with van der Waals surface area (Å²) in [6, 6.07) is 5.24. The Bertz CT molecular complexity index is 875. The SMILES string of the molecule is O=C(O)[C@H]1O[C@@H](OCc2cc(=O)oc3cc(O)ccc23)[C@H](O)[C@@H](O)[C@@H]1O. The Morgan fingerprint density at radius 2 is 1.85 bits per heavy atom. The average molecular weight is 368 g/mol. The highest BCUT2D eigenvalue weighted by Gasteiger charge is 2.47. The normalized spacial score (nSPS) is 29.0. The van der Waals surface area contributed by atoms with Crippen LogP contribution in [0.25, 0.3) is 11.0 Å². The maximum atomic E-state index is 11.6. The van der Waals surface area contributed by atoms with Gasteiger partial charge in [-0.25, -0.2) is 9.59 Å². The predicted octanol–water partition coefficient (Wildman–Crippen LogP) is -1.09. The van der Waals surface area contributed by atoms with E-state index in [0.29, 0.717) is 10.9 Å². The van der Waals surface area contributed by atoms with Crippen molar-refractivity contribution in [1.82, 2.24) is 0 Å². The molecule has 140 valence electrons. The van der Waals surface area contributed by atoms with Crippen molar-refractivity contribution >= 4 is 16.9 Å². The van der Waals surface area contributed by atoms with Crippen LogP contribution in [0.4, 0.5) is 0 Å². The van der Waals surface area contributed by atoms with Gasteiger partial charge in [-0.1, -0.05) is 0 Å². The molecule has 2 heterocycles. The fraction of sp³-hybridized carbons (Fsp3) is 0.375. The average Bonchev–Trinajstić information content (AvgIpc) is 2.58. The smallest absolute Gasteiger partial charge is 0.336 e. The van der Waals surface area contributed by atoms with E-state index in [0.717, 1.165) is 6.07 Å². The van der Waals surface area contributed by atoms with Crippen LogP contribution in [0.15, 0.2) is 33.5 Å². The van der Waals surface area contributed by atoms with Crippen molar-refractivity contribution in [3.63, 3.8) is 0 Å². The third kappa shape index (κ3) is 3.41. The molecule has 1 saturated heterocycles. The number of carboxylic acid groups (broad SMARTS) is 1. The minimum absolute atomic E-state index is 0.105. The molecule has 10 heteroatoms. The van der Waals surface area contributed by atoms with Gasteiger partial charge in [-0.2, -0.15) is 0 Å². The molecule has 1 aromatic carbocycles. The molecular weight excluding hydrogens is 352 g/mol. The molecule has 0 unspecified atom stereocenters. The van der Waals surface area contributed by atoms with Crippen LogP contribution in [0, 0.1) is 0 Å². The summed E-state index contributed by atoms with van der Waals surface area (Å²) < 4.78 is 15.3. The Hall–Kier alpha value is -2.50. The summed E-state index contributed by atoms with van der Waals surface area (Å²) in [6.07, 6.45) is -8.64. The lowest BCUT2D eigenvalue weighted by Crippen LogP contribution is -2.60. The molecule has 5 atom stereocenters. The van der Waals surface area contributed by atoms with Gasteiger partial charge in [0.25, 0.3) is 0 Å². The van der Waals surface area contributed by atoms with E-state index in [9.17, 15) is 30.0 Å². The van der Waals surface area contributed by atoms with Gasteiger partial charge in [0.05, 0.1) is 6.61 Å². The highest BCUT2D eigenvalue weighted by molar-refractivity contribution is 5.81. The molecular formula is C16H16O10. The van der Waals surface area contributed by atoms with E-state index in [4.69, 9.17) is 19.0 Å². The summed E-state index contributed by atoms with van der Waals surface area (Å²) in [5, 5.41) is 48.2. The maximum absolute atomic E-state index is 11.6. The van der Waals surface area contributed by atoms with Gasteiger partial charge in [0.2, 0.25) is 0 Å². The molecule has 2 aromatic rings. The highest BCUT2D eigenvalue weighted by atomic mass is 16.7. The molecule has 3 rings (SSSR count). The second-order valence-electron chi connectivity index (χ2n) is 5.82. The van der Waals surface area contributed by atoms with E-state index in [2.05, 4.69) is 0 Å². The molecule has 26 heavy (non-hydrogen) atoms. The summed E-state index contributed by atoms with van der Waals surface area (Å²) in [7, 11) is 0. The first-order valence-corrected chi connectivity index (χ1v) is 7.58. The van der Waals surface area contributed by atoms with Gasteiger partial charge in [0.15, 0.2) is 12.4 Å². The molecule has 0 bridgehead atoms. The van der Waals surface area contributed by atoms with Gasteiger partial charge < -0.3 is 39.4 Å². The zero-order valence-corrected chi connectivity index (χ0v) is 13.2.